The Bertz CT molecular complexity index is 1000. The molecule has 2 aliphatic heterocycles. The van der Waals surface area contributed by atoms with Gasteiger partial charge in [-0.05, 0) is 29.7 Å². The van der Waals surface area contributed by atoms with Crippen LogP contribution in [0.5, 0.6) is 0 Å². The van der Waals surface area contributed by atoms with Crippen LogP contribution in [0.1, 0.15) is 17.3 Å². The van der Waals surface area contributed by atoms with E-state index >= 15 is 0 Å². The van der Waals surface area contributed by atoms with E-state index in [-0.39, 0.29) is 24.2 Å². The quantitative estimate of drug-likeness (QED) is 0.751. The smallest absolute Gasteiger partial charge is 0.229 e. The van der Waals surface area contributed by atoms with Gasteiger partial charge in [0, 0.05) is 30.9 Å². The molecule has 138 valence electrons. The molecule has 5 rings (SSSR count). The maximum absolute atomic E-state index is 13.8. The Balaban J connectivity index is 1.46. The fraction of sp³-hybridized carbons (Fsp3) is 0.333. The van der Waals surface area contributed by atoms with Gasteiger partial charge in [-0.3, -0.25) is 9.89 Å². The first kappa shape index (κ1) is 16.4. The number of nitrogens with one attached hydrogen (secondary N) is 2. The fourth-order valence-corrected chi connectivity index (χ4v) is 4.70. The number of nitrogens with zero attached hydrogens (tertiary/aromatic N) is 2. The van der Waals surface area contributed by atoms with Gasteiger partial charge < -0.3 is 10.2 Å². The van der Waals surface area contributed by atoms with Crippen molar-refractivity contribution in [3.8, 4) is 0 Å². The standard InChI is InChI=1S/C21H21FN4O/c22-15-5-3-4-13(8-15)21-17-11-23-10-14(17)12-26(21)20(27)9-19-16-6-1-2-7-18(16)24-25-19/h1-8,14,17,21,23H,9-12H2,(H,24,25)/t14-,17-,21+/m0/s1. The molecule has 0 aliphatic carbocycles. The lowest BCUT2D eigenvalue weighted by Crippen LogP contribution is -2.35. The van der Waals surface area contributed by atoms with Crippen LogP contribution < -0.4 is 5.32 Å². The zero-order valence-electron chi connectivity index (χ0n) is 14.9. The largest absolute Gasteiger partial charge is 0.335 e. The second kappa shape index (κ2) is 6.46. The van der Waals surface area contributed by atoms with Crippen molar-refractivity contribution in [3.63, 3.8) is 0 Å². The number of amides is 1. The Morgan fingerprint density at radius 3 is 2.96 bits per heavy atom. The minimum atomic E-state index is -0.256. The zero-order valence-corrected chi connectivity index (χ0v) is 14.9. The molecule has 0 radical (unpaired) electrons. The highest BCUT2D eigenvalue weighted by atomic mass is 19.1. The molecule has 2 N–H and O–H groups in total. The number of benzene rings is 2. The number of aromatic nitrogens is 2. The van der Waals surface area contributed by atoms with Gasteiger partial charge in [0.15, 0.2) is 0 Å². The average molecular weight is 364 g/mol. The first-order chi connectivity index (χ1) is 13.2. The highest BCUT2D eigenvalue weighted by Gasteiger charge is 2.46. The van der Waals surface area contributed by atoms with Crippen LogP contribution in [0.15, 0.2) is 48.5 Å². The molecule has 27 heavy (non-hydrogen) atoms. The molecule has 6 heteroatoms. The van der Waals surface area contributed by atoms with E-state index in [0.717, 1.165) is 35.2 Å². The predicted molar refractivity (Wildman–Crippen MR) is 101 cm³/mol. The molecular weight excluding hydrogens is 343 g/mol. The van der Waals surface area contributed by atoms with Crippen LogP contribution in [0.25, 0.3) is 10.9 Å². The second-order valence-electron chi connectivity index (χ2n) is 7.52. The molecule has 0 spiro atoms. The van der Waals surface area contributed by atoms with E-state index in [4.69, 9.17) is 0 Å². The molecule has 1 aromatic heterocycles. The van der Waals surface area contributed by atoms with Crippen LogP contribution in [-0.4, -0.2) is 40.6 Å². The number of H-pyrrole nitrogens is 1. The Hall–Kier alpha value is -2.73. The van der Waals surface area contributed by atoms with E-state index in [2.05, 4.69) is 15.5 Å². The number of carbonyl (C=O) groups excluding carboxylic acids is 1. The highest BCUT2D eigenvalue weighted by molar-refractivity contribution is 5.87. The molecule has 3 atom stereocenters. The van der Waals surface area contributed by atoms with Crippen LogP contribution in [0, 0.1) is 17.7 Å². The molecule has 0 bridgehead atoms. The van der Waals surface area contributed by atoms with Gasteiger partial charge >= 0.3 is 0 Å². The van der Waals surface area contributed by atoms with Crippen molar-refractivity contribution in [1.82, 2.24) is 20.4 Å². The maximum atomic E-state index is 13.8. The van der Waals surface area contributed by atoms with Gasteiger partial charge in [0.25, 0.3) is 0 Å². The number of likely N-dealkylation sites (tertiary alicyclic amines) is 1. The van der Waals surface area contributed by atoms with E-state index in [1.165, 1.54) is 6.07 Å². The first-order valence-electron chi connectivity index (χ1n) is 9.38. The number of rotatable bonds is 3. The van der Waals surface area contributed by atoms with Crippen molar-refractivity contribution < 1.29 is 9.18 Å². The summed E-state index contributed by atoms with van der Waals surface area (Å²) in [7, 11) is 0. The van der Waals surface area contributed by atoms with Crippen molar-refractivity contribution in [2.24, 2.45) is 11.8 Å². The van der Waals surface area contributed by atoms with E-state index < -0.39 is 0 Å². The van der Waals surface area contributed by atoms with E-state index in [1.807, 2.05) is 35.2 Å². The monoisotopic (exact) mass is 364 g/mol. The lowest BCUT2D eigenvalue weighted by atomic mass is 9.89. The third-order valence-corrected chi connectivity index (χ3v) is 5.94. The van der Waals surface area contributed by atoms with Gasteiger partial charge in [0.1, 0.15) is 5.82 Å². The minimum absolute atomic E-state index is 0.0630. The number of fused-ring (bicyclic) bond motifs is 2. The Morgan fingerprint density at radius 2 is 2.07 bits per heavy atom. The van der Waals surface area contributed by atoms with Gasteiger partial charge in [-0.25, -0.2) is 4.39 Å². The van der Waals surface area contributed by atoms with Gasteiger partial charge in [0.2, 0.25) is 5.91 Å². The van der Waals surface area contributed by atoms with Crippen molar-refractivity contribution >= 4 is 16.8 Å². The second-order valence-corrected chi connectivity index (χ2v) is 7.52. The van der Waals surface area contributed by atoms with Crippen LogP contribution >= 0.6 is 0 Å². The Morgan fingerprint density at radius 1 is 1.19 bits per heavy atom. The van der Waals surface area contributed by atoms with Gasteiger partial charge in [-0.1, -0.05) is 30.3 Å². The molecule has 0 unspecified atom stereocenters. The normalized spacial score (nSPS) is 24.5. The van der Waals surface area contributed by atoms with Crippen molar-refractivity contribution in [3.05, 3.63) is 65.6 Å². The summed E-state index contributed by atoms with van der Waals surface area (Å²) in [5.41, 5.74) is 2.59. The van der Waals surface area contributed by atoms with Gasteiger partial charge in [0.05, 0.1) is 23.7 Å². The van der Waals surface area contributed by atoms with Gasteiger partial charge in [-0.15, -0.1) is 0 Å². The van der Waals surface area contributed by atoms with Gasteiger partial charge in [-0.2, -0.15) is 5.10 Å². The Kier molecular flexibility index (Phi) is 3.93. The number of aromatic amines is 1. The van der Waals surface area contributed by atoms with Crippen molar-refractivity contribution in [1.29, 1.82) is 0 Å². The van der Waals surface area contributed by atoms with Crippen molar-refractivity contribution in [2.45, 2.75) is 12.5 Å². The molecule has 1 amide bonds. The molecule has 2 aliphatic rings. The zero-order chi connectivity index (χ0) is 18.4. The molecule has 3 heterocycles. The average Bonchev–Trinajstić information content (AvgIpc) is 3.36. The Labute approximate surface area is 156 Å². The van der Waals surface area contributed by atoms with Crippen LogP contribution in [-0.2, 0) is 11.2 Å². The summed E-state index contributed by atoms with van der Waals surface area (Å²) >= 11 is 0. The fourth-order valence-electron chi connectivity index (χ4n) is 4.70. The molecule has 2 fully saturated rings. The SMILES string of the molecule is O=C(Cc1[nH]nc2ccccc12)N1C[C@@H]2CNC[C@@H]2[C@H]1c1cccc(F)c1. The first-order valence-corrected chi connectivity index (χ1v) is 9.38. The van der Waals surface area contributed by atoms with Crippen molar-refractivity contribution in [2.75, 3.05) is 19.6 Å². The summed E-state index contributed by atoms with van der Waals surface area (Å²) in [5, 5.41) is 11.7. The topological polar surface area (TPSA) is 61.0 Å². The summed E-state index contributed by atoms with van der Waals surface area (Å²) in [6.45, 7) is 2.49. The third-order valence-electron chi connectivity index (χ3n) is 5.94. The minimum Gasteiger partial charge on any atom is -0.335 e. The highest BCUT2D eigenvalue weighted by Crippen LogP contribution is 2.43. The van der Waals surface area contributed by atoms with Crippen LogP contribution in [0.2, 0.25) is 0 Å². The summed E-state index contributed by atoms with van der Waals surface area (Å²) < 4.78 is 13.8. The third kappa shape index (κ3) is 2.80. The molecule has 3 aromatic rings. The number of para-hydroxylation sites is 1. The van der Waals surface area contributed by atoms with E-state index in [9.17, 15) is 9.18 Å². The van der Waals surface area contributed by atoms with E-state index in [1.54, 1.807) is 12.1 Å². The predicted octanol–water partition coefficient (Wildman–Crippen LogP) is 2.66. The summed E-state index contributed by atoms with van der Waals surface area (Å²) in [6, 6.07) is 14.4. The number of hydrogen-bond donors (Lipinski definition) is 2. The molecule has 2 saturated heterocycles. The number of hydrogen-bond acceptors (Lipinski definition) is 3. The number of carbonyl (C=O) groups is 1. The van der Waals surface area contributed by atoms with E-state index in [0.29, 0.717) is 18.4 Å². The lowest BCUT2D eigenvalue weighted by molar-refractivity contribution is -0.132. The summed E-state index contributed by atoms with van der Waals surface area (Å²) in [4.78, 5) is 15.2. The maximum Gasteiger partial charge on any atom is 0.229 e. The van der Waals surface area contributed by atoms with Crippen LogP contribution in [0.3, 0.4) is 0 Å². The lowest BCUT2D eigenvalue weighted by Gasteiger charge is -2.28. The number of halogens is 1. The molecule has 2 aromatic carbocycles. The van der Waals surface area contributed by atoms with Crippen LogP contribution in [0.4, 0.5) is 4.39 Å². The molecule has 0 saturated carbocycles. The summed E-state index contributed by atoms with van der Waals surface area (Å²) in [5.74, 6) is 0.553. The summed E-state index contributed by atoms with van der Waals surface area (Å²) in [6.07, 6.45) is 0.277. The molecule has 5 nitrogen and oxygen atoms in total. The molecular formula is C21H21FN4O.